The Hall–Kier alpha value is -6.42. The van der Waals surface area contributed by atoms with Crippen LogP contribution in [0.4, 0.5) is 0 Å². The summed E-state index contributed by atoms with van der Waals surface area (Å²) in [5.41, 5.74) is 7.72. The quantitative estimate of drug-likeness (QED) is 0.184. The molecule has 0 atom stereocenters. The molecule has 8 rings (SSSR count). The normalized spacial score (nSPS) is 13.7. The Labute approximate surface area is 302 Å². The summed E-state index contributed by atoms with van der Waals surface area (Å²) in [6.07, 6.45) is 6.74. The molecule has 2 amide bonds. The van der Waals surface area contributed by atoms with Crippen LogP contribution >= 0.6 is 0 Å². The fourth-order valence-electron chi connectivity index (χ4n) is 6.04. The van der Waals surface area contributed by atoms with Gasteiger partial charge in [0, 0.05) is 24.8 Å². The third kappa shape index (κ3) is 7.97. The Morgan fingerprint density at radius 2 is 0.885 bits per heavy atom. The number of hydrogen-bond acceptors (Lipinski definition) is 8. The standard InChI is InChI=1S/2C21H19N3O2/c2*1-15-3-5-16(6-4-15)17-7-8-19-18(13-17)21(25)24(11-12-26-19)14-20-22-9-2-10-23-20/h2*2-10,13H,11-12,14H2,1H3. The lowest BCUT2D eigenvalue weighted by molar-refractivity contribution is 0.0732. The number of fused-ring (bicyclic) bond motifs is 2. The summed E-state index contributed by atoms with van der Waals surface area (Å²) < 4.78 is 11.6. The number of carbonyl (C=O) groups is 2. The van der Waals surface area contributed by atoms with Crippen molar-refractivity contribution in [3.8, 4) is 33.8 Å². The maximum atomic E-state index is 13.1. The molecule has 0 saturated heterocycles. The molecule has 0 bridgehead atoms. The summed E-state index contributed by atoms with van der Waals surface area (Å²) >= 11 is 0. The highest BCUT2D eigenvalue weighted by molar-refractivity contribution is 5.99. The Kier molecular flexibility index (Phi) is 10.2. The number of aryl methyl sites for hydroxylation is 2. The number of ether oxygens (including phenoxy) is 2. The van der Waals surface area contributed by atoms with Gasteiger partial charge in [-0.25, -0.2) is 19.9 Å². The molecular formula is C42H38N6O4. The molecule has 10 heteroatoms. The lowest BCUT2D eigenvalue weighted by atomic mass is 10.0. The van der Waals surface area contributed by atoms with Crippen LogP contribution in [0.2, 0.25) is 0 Å². The number of aromatic nitrogens is 4. The van der Waals surface area contributed by atoms with Crippen molar-refractivity contribution in [3.63, 3.8) is 0 Å². The first kappa shape index (κ1) is 34.0. The number of hydrogen-bond donors (Lipinski definition) is 0. The van der Waals surface area contributed by atoms with Crippen LogP contribution in [0.25, 0.3) is 22.3 Å². The summed E-state index contributed by atoms with van der Waals surface area (Å²) in [6.45, 7) is 6.78. The van der Waals surface area contributed by atoms with E-state index >= 15 is 0 Å². The topological polar surface area (TPSA) is 111 Å². The summed E-state index contributed by atoms with van der Waals surface area (Å²) in [5.74, 6) is 2.39. The molecule has 0 N–H and O–H groups in total. The van der Waals surface area contributed by atoms with Gasteiger partial charge in [-0.3, -0.25) is 9.59 Å². The zero-order valence-corrected chi connectivity index (χ0v) is 29.1. The molecule has 0 saturated carbocycles. The van der Waals surface area contributed by atoms with Gasteiger partial charge in [-0.05, 0) is 72.5 Å². The summed E-state index contributed by atoms with van der Waals surface area (Å²) in [5, 5.41) is 0. The molecule has 260 valence electrons. The molecule has 2 aliphatic heterocycles. The van der Waals surface area contributed by atoms with Gasteiger partial charge in [0.15, 0.2) is 0 Å². The van der Waals surface area contributed by atoms with Crippen LogP contribution in [-0.4, -0.2) is 67.9 Å². The maximum absolute atomic E-state index is 13.1. The van der Waals surface area contributed by atoms with E-state index in [2.05, 4.69) is 82.3 Å². The van der Waals surface area contributed by atoms with Crippen LogP contribution in [0.5, 0.6) is 11.5 Å². The third-order valence-corrected chi connectivity index (χ3v) is 8.90. The molecule has 10 nitrogen and oxygen atoms in total. The minimum absolute atomic E-state index is 0.0566. The number of nitrogens with zero attached hydrogens (tertiary/aromatic N) is 6. The second-order valence-electron chi connectivity index (χ2n) is 12.6. The van der Waals surface area contributed by atoms with Crippen LogP contribution in [0.15, 0.2) is 122 Å². The lowest BCUT2D eigenvalue weighted by Gasteiger charge is -2.19. The van der Waals surface area contributed by atoms with Crippen LogP contribution in [0, 0.1) is 13.8 Å². The van der Waals surface area contributed by atoms with E-state index in [1.165, 1.54) is 11.1 Å². The molecular weight excluding hydrogens is 652 g/mol. The second kappa shape index (κ2) is 15.6. The fourth-order valence-corrected chi connectivity index (χ4v) is 6.04. The summed E-state index contributed by atoms with van der Waals surface area (Å²) in [4.78, 5) is 46.5. The Bertz CT molecular complexity index is 2000. The van der Waals surface area contributed by atoms with Crippen molar-refractivity contribution >= 4 is 11.8 Å². The fraction of sp³-hybridized carbons (Fsp3) is 0.190. The van der Waals surface area contributed by atoms with Gasteiger partial charge in [0.2, 0.25) is 0 Å². The number of rotatable bonds is 6. The molecule has 0 aliphatic carbocycles. The second-order valence-corrected chi connectivity index (χ2v) is 12.6. The summed E-state index contributed by atoms with van der Waals surface area (Å²) in [7, 11) is 0. The van der Waals surface area contributed by atoms with E-state index in [1.807, 2.05) is 36.4 Å². The monoisotopic (exact) mass is 690 g/mol. The third-order valence-electron chi connectivity index (χ3n) is 8.90. The molecule has 0 radical (unpaired) electrons. The first-order chi connectivity index (χ1) is 25.4. The van der Waals surface area contributed by atoms with Gasteiger partial charge in [-0.2, -0.15) is 0 Å². The number of amides is 2. The molecule has 0 spiro atoms. The highest BCUT2D eigenvalue weighted by Crippen LogP contribution is 2.31. The van der Waals surface area contributed by atoms with E-state index in [0.717, 1.165) is 22.3 Å². The van der Waals surface area contributed by atoms with Crippen molar-refractivity contribution in [2.45, 2.75) is 26.9 Å². The van der Waals surface area contributed by atoms with Crippen molar-refractivity contribution in [2.75, 3.05) is 26.3 Å². The summed E-state index contributed by atoms with van der Waals surface area (Å²) in [6, 6.07) is 31.6. The SMILES string of the molecule is Cc1ccc(-c2ccc3c(c2)C(=O)N(Cc2ncccn2)CCO3)cc1.Cc1ccc(-c2ccc3c(c2)C(=O)N(Cc2ncccn2)CCO3)cc1. The van der Waals surface area contributed by atoms with Gasteiger partial charge in [0.05, 0.1) is 37.3 Å². The Balaban J connectivity index is 0.000000162. The minimum atomic E-state index is -0.0566. The molecule has 4 aromatic carbocycles. The largest absolute Gasteiger partial charge is 0.491 e. The van der Waals surface area contributed by atoms with Gasteiger partial charge in [-0.15, -0.1) is 0 Å². The van der Waals surface area contributed by atoms with E-state index in [1.54, 1.807) is 46.7 Å². The highest BCUT2D eigenvalue weighted by atomic mass is 16.5. The molecule has 2 aliphatic rings. The number of benzene rings is 4. The predicted octanol–water partition coefficient (Wildman–Crippen LogP) is 6.97. The van der Waals surface area contributed by atoms with Crippen molar-refractivity contribution in [3.05, 3.63) is 156 Å². The average molecular weight is 691 g/mol. The predicted molar refractivity (Wildman–Crippen MR) is 198 cm³/mol. The van der Waals surface area contributed by atoms with Gasteiger partial charge in [-0.1, -0.05) is 71.8 Å². The van der Waals surface area contributed by atoms with E-state index in [0.29, 0.717) is 73.7 Å². The first-order valence-corrected chi connectivity index (χ1v) is 17.2. The first-order valence-electron chi connectivity index (χ1n) is 17.2. The Morgan fingerprint density at radius 3 is 1.27 bits per heavy atom. The molecule has 52 heavy (non-hydrogen) atoms. The zero-order chi connectivity index (χ0) is 35.9. The van der Waals surface area contributed by atoms with Gasteiger partial charge < -0.3 is 19.3 Å². The van der Waals surface area contributed by atoms with Gasteiger partial charge in [0.25, 0.3) is 11.8 Å². The molecule has 0 unspecified atom stereocenters. The van der Waals surface area contributed by atoms with Crippen LogP contribution in [0.1, 0.15) is 43.5 Å². The van der Waals surface area contributed by atoms with E-state index in [9.17, 15) is 9.59 Å². The van der Waals surface area contributed by atoms with Gasteiger partial charge in [0.1, 0.15) is 36.4 Å². The van der Waals surface area contributed by atoms with Gasteiger partial charge >= 0.3 is 0 Å². The van der Waals surface area contributed by atoms with Crippen LogP contribution < -0.4 is 9.47 Å². The van der Waals surface area contributed by atoms with Crippen molar-refractivity contribution in [1.29, 1.82) is 0 Å². The average Bonchev–Trinajstić information content (AvgIpc) is 3.43. The molecule has 0 fully saturated rings. The smallest absolute Gasteiger partial charge is 0.258 e. The van der Waals surface area contributed by atoms with E-state index in [4.69, 9.17) is 9.47 Å². The molecule has 2 aromatic heterocycles. The molecule has 6 aromatic rings. The van der Waals surface area contributed by atoms with Crippen LogP contribution in [-0.2, 0) is 13.1 Å². The van der Waals surface area contributed by atoms with Crippen LogP contribution in [0.3, 0.4) is 0 Å². The van der Waals surface area contributed by atoms with Crippen molar-refractivity contribution < 1.29 is 19.1 Å². The van der Waals surface area contributed by atoms with Crippen molar-refractivity contribution in [2.24, 2.45) is 0 Å². The minimum Gasteiger partial charge on any atom is -0.491 e. The Morgan fingerprint density at radius 1 is 0.519 bits per heavy atom. The lowest BCUT2D eigenvalue weighted by Crippen LogP contribution is -2.32. The number of carbonyl (C=O) groups excluding carboxylic acids is 2. The van der Waals surface area contributed by atoms with E-state index < -0.39 is 0 Å². The highest BCUT2D eigenvalue weighted by Gasteiger charge is 2.26. The van der Waals surface area contributed by atoms with Crippen molar-refractivity contribution in [1.82, 2.24) is 29.7 Å². The zero-order valence-electron chi connectivity index (χ0n) is 29.1. The molecule has 4 heterocycles. The van der Waals surface area contributed by atoms with E-state index in [-0.39, 0.29) is 11.8 Å². The maximum Gasteiger partial charge on any atom is 0.258 e.